The van der Waals surface area contributed by atoms with Crippen molar-refractivity contribution in [1.29, 1.82) is 0 Å². The van der Waals surface area contributed by atoms with Crippen molar-refractivity contribution in [3.63, 3.8) is 0 Å². The number of rotatable bonds is 9. The number of aromatic nitrogens is 4. The van der Waals surface area contributed by atoms with Crippen LogP contribution in [-0.4, -0.2) is 46.7 Å². The zero-order valence-corrected chi connectivity index (χ0v) is 21.5. The Kier molecular flexibility index (Phi) is 7.48. The van der Waals surface area contributed by atoms with E-state index in [1.165, 1.54) is 6.20 Å². The first-order chi connectivity index (χ1) is 19.1. The average Bonchev–Trinajstić information content (AvgIpc) is 3.29. The van der Waals surface area contributed by atoms with Crippen molar-refractivity contribution in [2.75, 3.05) is 26.1 Å². The molecule has 0 aliphatic heterocycles. The maximum atomic E-state index is 13.0. The molecule has 0 bridgehead atoms. The number of hydrogen-bond donors (Lipinski definition) is 1. The van der Waals surface area contributed by atoms with Gasteiger partial charge in [-0.25, -0.2) is 4.98 Å². The van der Waals surface area contributed by atoms with E-state index in [0.29, 0.717) is 47.4 Å². The summed E-state index contributed by atoms with van der Waals surface area (Å²) in [7, 11) is 3.17. The second kappa shape index (κ2) is 11.5. The Morgan fingerprint density at radius 3 is 2.64 bits per heavy atom. The van der Waals surface area contributed by atoms with E-state index in [9.17, 15) is 4.79 Å². The molecule has 4 aromatic heterocycles. The highest BCUT2D eigenvalue weighted by molar-refractivity contribution is 6.04. The van der Waals surface area contributed by atoms with E-state index in [2.05, 4.69) is 25.3 Å². The highest BCUT2D eigenvalue weighted by Gasteiger charge is 2.23. The number of nitrogens with one attached hydrogen (secondary N) is 1. The number of anilines is 1. The number of ether oxygens (including phenoxy) is 4. The number of methoxy groups -OCH3 is 2. The van der Waals surface area contributed by atoms with E-state index in [1.807, 2.05) is 12.2 Å². The molecule has 39 heavy (non-hydrogen) atoms. The third-order valence-electron chi connectivity index (χ3n) is 5.67. The van der Waals surface area contributed by atoms with E-state index >= 15 is 0 Å². The Morgan fingerprint density at radius 1 is 1.05 bits per heavy atom. The zero-order chi connectivity index (χ0) is 27.2. The van der Waals surface area contributed by atoms with Crippen LogP contribution in [0.3, 0.4) is 0 Å². The summed E-state index contributed by atoms with van der Waals surface area (Å²) >= 11 is 0. The van der Waals surface area contributed by atoms with Gasteiger partial charge in [0, 0.05) is 30.6 Å². The summed E-state index contributed by atoms with van der Waals surface area (Å²) < 4.78 is 28.2. The lowest BCUT2D eigenvalue weighted by Gasteiger charge is -2.12. The SMILES string of the molecule is CCOc1oc(-c2cccnc2)nc1C(=O)Nc1ccc(Oc2ccnc3c2C=C(OC)C(OC)=CC3)cn1. The summed E-state index contributed by atoms with van der Waals surface area (Å²) in [5.74, 6) is 2.23. The minimum absolute atomic E-state index is 0.00193. The molecule has 4 heterocycles. The molecule has 1 N–H and O–H groups in total. The molecule has 1 aliphatic carbocycles. The quantitative estimate of drug-likeness (QED) is 0.316. The van der Waals surface area contributed by atoms with Gasteiger partial charge in [0.05, 0.1) is 38.3 Å². The van der Waals surface area contributed by atoms with Crippen LogP contribution in [0.2, 0.25) is 0 Å². The fourth-order valence-corrected chi connectivity index (χ4v) is 3.85. The first kappa shape index (κ1) is 25.5. The number of pyridine rings is 3. The largest absolute Gasteiger partial charge is 0.493 e. The van der Waals surface area contributed by atoms with Gasteiger partial charge >= 0.3 is 5.95 Å². The van der Waals surface area contributed by atoms with Crippen molar-refractivity contribution in [2.45, 2.75) is 13.3 Å². The normalized spacial score (nSPS) is 12.4. The molecule has 4 aromatic rings. The van der Waals surface area contributed by atoms with E-state index < -0.39 is 5.91 Å². The molecule has 0 unspecified atom stereocenters. The predicted molar refractivity (Wildman–Crippen MR) is 141 cm³/mol. The predicted octanol–water partition coefficient (Wildman–Crippen LogP) is 5.04. The first-order valence-electron chi connectivity index (χ1n) is 12.1. The standard InChI is InChI=1S/C28H25N5O6/c1-4-37-28-25(33-27(39-28)17-6-5-12-29-15-17)26(34)32-24-10-7-18(16-31-24)38-21-11-13-30-20-8-9-22(35-2)23(36-3)14-19(20)21/h5-7,9-16H,4,8H2,1-3H3,(H,31,32,34). The molecule has 0 saturated carbocycles. The van der Waals surface area contributed by atoms with Crippen molar-refractivity contribution in [1.82, 2.24) is 19.9 Å². The number of oxazole rings is 1. The Morgan fingerprint density at radius 2 is 1.92 bits per heavy atom. The summed E-state index contributed by atoms with van der Waals surface area (Å²) in [5.41, 5.74) is 2.21. The van der Waals surface area contributed by atoms with Gasteiger partial charge in [-0.1, -0.05) is 0 Å². The van der Waals surface area contributed by atoms with Crippen LogP contribution in [0.4, 0.5) is 5.82 Å². The van der Waals surface area contributed by atoms with Gasteiger partial charge in [-0.3, -0.25) is 14.8 Å². The van der Waals surface area contributed by atoms with Crippen LogP contribution in [0.5, 0.6) is 17.4 Å². The number of carbonyl (C=O) groups excluding carboxylic acids is 1. The second-order valence-corrected chi connectivity index (χ2v) is 8.12. The first-order valence-corrected chi connectivity index (χ1v) is 12.1. The maximum Gasteiger partial charge on any atom is 0.319 e. The summed E-state index contributed by atoms with van der Waals surface area (Å²) in [6.07, 6.45) is 10.7. The Bertz CT molecular complexity index is 1530. The molecule has 5 rings (SSSR count). The summed E-state index contributed by atoms with van der Waals surface area (Å²) in [6, 6.07) is 8.60. The number of fused-ring (bicyclic) bond motifs is 1. The van der Waals surface area contributed by atoms with Crippen LogP contribution in [0, 0.1) is 0 Å². The molecule has 0 saturated heterocycles. The van der Waals surface area contributed by atoms with Crippen LogP contribution in [0.25, 0.3) is 17.5 Å². The van der Waals surface area contributed by atoms with E-state index in [4.69, 9.17) is 23.4 Å². The number of amides is 1. The molecule has 11 heteroatoms. The number of nitrogens with zero attached hydrogens (tertiary/aromatic N) is 4. The van der Waals surface area contributed by atoms with Crippen LogP contribution < -0.4 is 14.8 Å². The van der Waals surface area contributed by atoms with Crippen molar-refractivity contribution in [2.24, 2.45) is 0 Å². The minimum atomic E-state index is -0.531. The zero-order valence-electron chi connectivity index (χ0n) is 21.5. The number of allylic oxidation sites excluding steroid dienone is 1. The Balaban J connectivity index is 1.33. The lowest BCUT2D eigenvalue weighted by molar-refractivity contribution is 0.101. The van der Waals surface area contributed by atoms with Crippen LogP contribution >= 0.6 is 0 Å². The summed E-state index contributed by atoms with van der Waals surface area (Å²) in [5, 5.41) is 2.72. The average molecular weight is 528 g/mol. The molecule has 0 aromatic carbocycles. The third-order valence-corrected chi connectivity index (χ3v) is 5.67. The Labute approximate surface area is 224 Å². The molecule has 11 nitrogen and oxygen atoms in total. The lowest BCUT2D eigenvalue weighted by atomic mass is 10.1. The molecule has 1 aliphatic rings. The second-order valence-electron chi connectivity index (χ2n) is 8.12. The molecular weight excluding hydrogens is 502 g/mol. The number of carbonyl (C=O) groups is 1. The van der Waals surface area contributed by atoms with Crippen LogP contribution in [-0.2, 0) is 15.9 Å². The van der Waals surface area contributed by atoms with Gasteiger partial charge in [0.1, 0.15) is 17.3 Å². The monoisotopic (exact) mass is 527 g/mol. The van der Waals surface area contributed by atoms with Crippen molar-refractivity contribution in [3.05, 3.63) is 89.7 Å². The highest BCUT2D eigenvalue weighted by atomic mass is 16.6. The van der Waals surface area contributed by atoms with Gasteiger partial charge in [0.15, 0.2) is 11.5 Å². The molecular formula is C28H25N5O6. The maximum absolute atomic E-state index is 13.0. The molecule has 0 atom stereocenters. The van der Waals surface area contributed by atoms with Crippen LogP contribution in [0.1, 0.15) is 28.7 Å². The van der Waals surface area contributed by atoms with Gasteiger partial charge in [0.2, 0.25) is 11.6 Å². The number of hydrogen-bond acceptors (Lipinski definition) is 10. The van der Waals surface area contributed by atoms with E-state index in [-0.39, 0.29) is 17.5 Å². The third kappa shape index (κ3) is 5.57. The van der Waals surface area contributed by atoms with Gasteiger partial charge in [-0.05, 0) is 49.4 Å². The highest BCUT2D eigenvalue weighted by Crippen LogP contribution is 2.33. The smallest absolute Gasteiger partial charge is 0.319 e. The summed E-state index contributed by atoms with van der Waals surface area (Å²) in [6.45, 7) is 2.09. The summed E-state index contributed by atoms with van der Waals surface area (Å²) in [4.78, 5) is 30.1. The van der Waals surface area contributed by atoms with Crippen LogP contribution in [0.15, 0.2) is 77.1 Å². The Hall–Kier alpha value is -5.19. The fourth-order valence-electron chi connectivity index (χ4n) is 3.85. The van der Waals surface area contributed by atoms with Gasteiger partial charge in [-0.15, -0.1) is 0 Å². The molecule has 0 spiro atoms. The van der Waals surface area contributed by atoms with Crippen molar-refractivity contribution in [3.8, 4) is 28.9 Å². The van der Waals surface area contributed by atoms with E-state index in [0.717, 1.165) is 11.3 Å². The molecule has 0 radical (unpaired) electrons. The van der Waals surface area contributed by atoms with Crippen molar-refractivity contribution >= 4 is 17.8 Å². The molecule has 0 fully saturated rings. The van der Waals surface area contributed by atoms with Gasteiger partial charge < -0.3 is 28.7 Å². The van der Waals surface area contributed by atoms with E-state index in [1.54, 1.807) is 70.1 Å². The fraction of sp³-hybridized carbons (Fsp3) is 0.179. The van der Waals surface area contributed by atoms with Gasteiger partial charge in [-0.2, -0.15) is 4.98 Å². The topological polar surface area (TPSA) is 131 Å². The molecule has 1 amide bonds. The lowest BCUT2D eigenvalue weighted by Crippen LogP contribution is -2.14. The van der Waals surface area contributed by atoms with Gasteiger partial charge in [0.25, 0.3) is 5.91 Å². The molecule has 198 valence electrons. The van der Waals surface area contributed by atoms with Crippen molar-refractivity contribution < 1.29 is 28.2 Å². The minimum Gasteiger partial charge on any atom is -0.493 e.